The van der Waals surface area contributed by atoms with E-state index in [-0.39, 0.29) is 11.3 Å². The van der Waals surface area contributed by atoms with E-state index in [4.69, 9.17) is 9.26 Å². The highest BCUT2D eigenvalue weighted by atomic mass is 16.5. The molecule has 24 heavy (non-hydrogen) atoms. The largest absolute Gasteiger partial charge is 0.385 e. The van der Waals surface area contributed by atoms with Gasteiger partial charge in [-0.2, -0.15) is 4.98 Å². The van der Waals surface area contributed by atoms with Crippen molar-refractivity contribution in [1.29, 1.82) is 0 Å². The molecule has 1 aromatic heterocycles. The van der Waals surface area contributed by atoms with Crippen LogP contribution < -0.4 is 4.90 Å². The third-order valence-corrected chi connectivity index (χ3v) is 5.23. The first-order chi connectivity index (χ1) is 11.7. The van der Waals surface area contributed by atoms with Gasteiger partial charge in [0.05, 0.1) is 0 Å². The van der Waals surface area contributed by atoms with E-state index >= 15 is 0 Å². The fourth-order valence-electron chi connectivity index (χ4n) is 3.94. The van der Waals surface area contributed by atoms with Crippen molar-refractivity contribution in [3.8, 4) is 0 Å². The zero-order valence-electron chi connectivity index (χ0n) is 14.8. The molecule has 2 saturated heterocycles. The second kappa shape index (κ2) is 7.51. The van der Waals surface area contributed by atoms with Crippen molar-refractivity contribution >= 4 is 11.9 Å². The molecule has 0 bridgehead atoms. The van der Waals surface area contributed by atoms with Gasteiger partial charge in [0, 0.05) is 58.2 Å². The number of methoxy groups -OCH3 is 1. The van der Waals surface area contributed by atoms with Crippen molar-refractivity contribution in [3.63, 3.8) is 0 Å². The van der Waals surface area contributed by atoms with Crippen LogP contribution in [0.3, 0.4) is 0 Å². The number of aryl methyl sites for hydroxylation is 1. The molecular formula is C17H28N4O3. The highest BCUT2D eigenvalue weighted by Crippen LogP contribution is 2.39. The van der Waals surface area contributed by atoms with Gasteiger partial charge in [-0.1, -0.05) is 6.92 Å². The minimum absolute atomic E-state index is 0.159. The number of nitrogens with zero attached hydrogens (tertiary/aromatic N) is 4. The summed E-state index contributed by atoms with van der Waals surface area (Å²) in [6.45, 7) is 6.21. The summed E-state index contributed by atoms with van der Waals surface area (Å²) in [4.78, 5) is 21.0. The maximum absolute atomic E-state index is 12.2. The first-order valence-corrected chi connectivity index (χ1v) is 9.00. The van der Waals surface area contributed by atoms with Crippen LogP contribution in [0.5, 0.6) is 0 Å². The number of anilines is 1. The summed E-state index contributed by atoms with van der Waals surface area (Å²) in [5, 5.41) is 4.13. The number of carbonyl (C=O) groups is 1. The molecule has 2 aliphatic rings. The smallest absolute Gasteiger partial charge is 0.266 e. The van der Waals surface area contributed by atoms with E-state index in [1.165, 1.54) is 0 Å². The number of aromatic nitrogens is 2. The second-order valence-corrected chi connectivity index (χ2v) is 7.03. The molecule has 1 atom stereocenters. The minimum Gasteiger partial charge on any atom is -0.385 e. The number of piperidine rings is 2. The Labute approximate surface area is 143 Å². The van der Waals surface area contributed by atoms with Crippen LogP contribution in [0.25, 0.3) is 0 Å². The fourth-order valence-corrected chi connectivity index (χ4v) is 3.94. The molecule has 0 N–H and O–H groups in total. The Morgan fingerprint density at radius 1 is 1.33 bits per heavy atom. The van der Waals surface area contributed by atoms with Crippen molar-refractivity contribution in [2.45, 2.75) is 45.4 Å². The molecule has 3 heterocycles. The first kappa shape index (κ1) is 17.2. The molecule has 1 aromatic rings. The summed E-state index contributed by atoms with van der Waals surface area (Å²) >= 11 is 0. The molecule has 3 rings (SSSR count). The molecule has 0 aromatic carbocycles. The van der Waals surface area contributed by atoms with Crippen LogP contribution in [0.2, 0.25) is 0 Å². The van der Waals surface area contributed by atoms with E-state index in [2.05, 4.69) is 15.0 Å². The molecule has 7 nitrogen and oxygen atoms in total. The van der Waals surface area contributed by atoms with Crippen LogP contribution in [0.1, 0.15) is 44.9 Å². The Bertz CT molecular complexity index is 562. The summed E-state index contributed by atoms with van der Waals surface area (Å²) < 4.78 is 10.4. The van der Waals surface area contributed by atoms with Gasteiger partial charge in [-0.3, -0.25) is 4.79 Å². The summed E-state index contributed by atoms with van der Waals surface area (Å²) in [7, 11) is 1.70. The van der Waals surface area contributed by atoms with Crippen molar-refractivity contribution in [3.05, 3.63) is 5.89 Å². The number of amides is 1. The first-order valence-electron chi connectivity index (χ1n) is 9.00. The van der Waals surface area contributed by atoms with Gasteiger partial charge in [-0.15, -0.1) is 0 Å². The number of carbonyl (C=O) groups excluding carboxylic acids is 1. The van der Waals surface area contributed by atoms with Crippen molar-refractivity contribution < 1.29 is 14.1 Å². The lowest BCUT2D eigenvalue weighted by molar-refractivity contribution is -0.138. The van der Waals surface area contributed by atoms with Crippen LogP contribution in [-0.4, -0.2) is 60.8 Å². The topological polar surface area (TPSA) is 71.7 Å². The van der Waals surface area contributed by atoms with E-state index < -0.39 is 0 Å². The summed E-state index contributed by atoms with van der Waals surface area (Å²) in [5.41, 5.74) is 0.159. The van der Waals surface area contributed by atoms with Gasteiger partial charge in [-0.05, 0) is 30.8 Å². The van der Waals surface area contributed by atoms with Crippen molar-refractivity contribution in [2.75, 3.05) is 44.8 Å². The van der Waals surface area contributed by atoms with Gasteiger partial charge < -0.3 is 19.1 Å². The quantitative estimate of drug-likeness (QED) is 0.739. The molecular weight excluding hydrogens is 308 g/mol. The van der Waals surface area contributed by atoms with Gasteiger partial charge in [0.15, 0.2) is 0 Å². The number of likely N-dealkylation sites (tertiary alicyclic amines) is 1. The lowest BCUT2D eigenvalue weighted by Crippen LogP contribution is -2.54. The van der Waals surface area contributed by atoms with E-state index in [0.29, 0.717) is 24.9 Å². The average molecular weight is 336 g/mol. The molecule has 0 aliphatic carbocycles. The Morgan fingerprint density at radius 2 is 2.21 bits per heavy atom. The maximum Gasteiger partial charge on any atom is 0.266 e. The molecule has 1 spiro atoms. The zero-order valence-corrected chi connectivity index (χ0v) is 14.8. The number of rotatable bonds is 6. The Morgan fingerprint density at radius 3 is 2.96 bits per heavy atom. The Balaban J connectivity index is 1.66. The van der Waals surface area contributed by atoms with Gasteiger partial charge in [-0.25, -0.2) is 0 Å². The van der Waals surface area contributed by atoms with Crippen LogP contribution >= 0.6 is 0 Å². The molecule has 2 aliphatic heterocycles. The van der Waals surface area contributed by atoms with Gasteiger partial charge in [0.25, 0.3) is 5.95 Å². The highest BCUT2D eigenvalue weighted by molar-refractivity contribution is 5.77. The standard InChI is InChI=1S/C17H28N4O3/c1-3-14-18-16(19-24-14)21-9-4-7-17(13-21)8-6-15(22)20(12-17)10-5-11-23-2/h3-13H2,1-2H3/t17-/m1/s1. The van der Waals surface area contributed by atoms with Crippen LogP contribution in [-0.2, 0) is 16.0 Å². The van der Waals surface area contributed by atoms with Crippen molar-refractivity contribution in [2.24, 2.45) is 5.41 Å². The monoisotopic (exact) mass is 336 g/mol. The Hall–Kier alpha value is -1.63. The predicted octanol–water partition coefficient (Wildman–Crippen LogP) is 1.88. The normalized spacial score (nSPS) is 24.8. The third kappa shape index (κ3) is 3.71. The van der Waals surface area contributed by atoms with Crippen LogP contribution in [0, 0.1) is 5.41 Å². The highest BCUT2D eigenvalue weighted by Gasteiger charge is 2.42. The summed E-state index contributed by atoms with van der Waals surface area (Å²) in [6, 6.07) is 0. The van der Waals surface area contributed by atoms with Gasteiger partial charge in [0.1, 0.15) is 0 Å². The predicted molar refractivity (Wildman–Crippen MR) is 89.9 cm³/mol. The lowest BCUT2D eigenvalue weighted by atomic mass is 9.73. The maximum atomic E-state index is 12.2. The van der Waals surface area contributed by atoms with Crippen molar-refractivity contribution in [1.82, 2.24) is 15.0 Å². The summed E-state index contributed by atoms with van der Waals surface area (Å²) in [6.07, 6.45) is 5.53. The van der Waals surface area contributed by atoms with Gasteiger partial charge >= 0.3 is 0 Å². The van der Waals surface area contributed by atoms with Crippen LogP contribution in [0.15, 0.2) is 4.52 Å². The minimum atomic E-state index is 0.159. The molecule has 1 amide bonds. The molecule has 0 saturated carbocycles. The molecule has 2 fully saturated rings. The van der Waals surface area contributed by atoms with E-state index in [0.717, 1.165) is 58.3 Å². The number of ether oxygens (including phenoxy) is 1. The third-order valence-electron chi connectivity index (χ3n) is 5.23. The van der Waals surface area contributed by atoms with Crippen LogP contribution in [0.4, 0.5) is 5.95 Å². The second-order valence-electron chi connectivity index (χ2n) is 7.03. The van der Waals surface area contributed by atoms with E-state index in [1.807, 2.05) is 11.8 Å². The molecule has 134 valence electrons. The molecule has 7 heteroatoms. The fraction of sp³-hybridized carbons (Fsp3) is 0.824. The molecule has 0 radical (unpaired) electrons. The average Bonchev–Trinajstić information content (AvgIpc) is 3.08. The number of hydrogen-bond donors (Lipinski definition) is 0. The summed E-state index contributed by atoms with van der Waals surface area (Å²) in [5.74, 6) is 1.67. The van der Waals surface area contributed by atoms with E-state index in [9.17, 15) is 4.79 Å². The lowest BCUT2D eigenvalue weighted by Gasteiger charge is -2.48. The number of hydrogen-bond acceptors (Lipinski definition) is 6. The zero-order chi connectivity index (χ0) is 17.0. The van der Waals surface area contributed by atoms with Gasteiger partial charge in [0.2, 0.25) is 11.8 Å². The Kier molecular flexibility index (Phi) is 5.38. The SMILES string of the molecule is CCc1nc(N2CCC[C@]3(CCC(=O)N(CCCOC)C3)C2)no1. The molecule has 0 unspecified atom stereocenters. The van der Waals surface area contributed by atoms with E-state index in [1.54, 1.807) is 7.11 Å².